The van der Waals surface area contributed by atoms with Gasteiger partial charge in [0, 0.05) is 12.2 Å². The summed E-state index contributed by atoms with van der Waals surface area (Å²) >= 11 is 0. The summed E-state index contributed by atoms with van der Waals surface area (Å²) < 4.78 is 0. The minimum atomic E-state index is -0.964. The molecule has 26 heavy (non-hydrogen) atoms. The van der Waals surface area contributed by atoms with Crippen molar-refractivity contribution in [3.05, 3.63) is 11.9 Å². The number of H-pyrrole nitrogens is 1. The van der Waals surface area contributed by atoms with E-state index in [1.807, 2.05) is 13.8 Å². The van der Waals surface area contributed by atoms with Crippen LogP contribution in [0.25, 0.3) is 0 Å². The highest BCUT2D eigenvalue weighted by Gasteiger charge is 2.49. The number of carboxylic acids is 1. The number of carbonyl (C=O) groups is 3. The van der Waals surface area contributed by atoms with Gasteiger partial charge in [0.1, 0.15) is 6.04 Å². The number of carboxylic acid groups (broad SMARTS) is 1. The molecule has 1 saturated carbocycles. The van der Waals surface area contributed by atoms with E-state index in [9.17, 15) is 14.4 Å². The van der Waals surface area contributed by atoms with Crippen molar-refractivity contribution in [2.45, 2.75) is 45.6 Å². The van der Waals surface area contributed by atoms with Crippen LogP contribution in [0.3, 0.4) is 0 Å². The van der Waals surface area contributed by atoms with Gasteiger partial charge in [0.05, 0.1) is 18.0 Å². The second-order valence-corrected chi connectivity index (χ2v) is 6.85. The molecule has 144 valence electrons. The van der Waals surface area contributed by atoms with E-state index in [2.05, 4.69) is 20.6 Å². The second-order valence-electron chi connectivity index (χ2n) is 6.85. The highest BCUT2D eigenvalue weighted by molar-refractivity contribution is 5.93. The van der Waals surface area contributed by atoms with E-state index in [1.165, 1.54) is 0 Å². The first-order valence-corrected chi connectivity index (χ1v) is 8.93. The Labute approximate surface area is 152 Å². The van der Waals surface area contributed by atoms with Gasteiger partial charge in [-0.1, -0.05) is 20.3 Å². The number of imidazole rings is 1. The van der Waals surface area contributed by atoms with Crippen LogP contribution >= 0.6 is 0 Å². The Morgan fingerprint density at radius 3 is 2.69 bits per heavy atom. The molecule has 1 aliphatic carbocycles. The highest BCUT2D eigenvalue weighted by atomic mass is 16.4. The summed E-state index contributed by atoms with van der Waals surface area (Å²) in [5.41, 5.74) is 6.41. The maximum absolute atomic E-state index is 12.5. The zero-order valence-electron chi connectivity index (χ0n) is 15.1. The molecule has 0 radical (unpaired) electrons. The summed E-state index contributed by atoms with van der Waals surface area (Å²) in [6, 6.07) is -0.662. The molecule has 4 atom stereocenters. The Bertz CT molecular complexity index is 659. The predicted octanol–water partition coefficient (Wildman–Crippen LogP) is 0.292. The number of aryl methyl sites for hydroxylation is 1. The molecule has 0 aliphatic heterocycles. The molecule has 0 saturated heterocycles. The zero-order valence-corrected chi connectivity index (χ0v) is 15.1. The first kappa shape index (κ1) is 19.7. The van der Waals surface area contributed by atoms with Crippen LogP contribution < -0.4 is 16.4 Å². The molecule has 1 heterocycles. The van der Waals surface area contributed by atoms with E-state index >= 15 is 0 Å². The SMILES string of the molecule is CC[C@H](C)[C@H](NC(=O)[C@H]1C[C@@H]1C(=O)O)C(=O)NCCCc1cnc(N)[nH]1. The first-order valence-electron chi connectivity index (χ1n) is 8.93. The van der Waals surface area contributed by atoms with Gasteiger partial charge >= 0.3 is 5.97 Å². The minimum Gasteiger partial charge on any atom is -0.481 e. The number of rotatable bonds is 10. The lowest BCUT2D eigenvalue weighted by molar-refractivity contribution is -0.140. The number of nitrogens with one attached hydrogen (secondary N) is 3. The first-order chi connectivity index (χ1) is 12.3. The van der Waals surface area contributed by atoms with E-state index in [0.717, 1.165) is 12.1 Å². The molecule has 9 heteroatoms. The monoisotopic (exact) mass is 365 g/mol. The fraction of sp³-hybridized carbons (Fsp3) is 0.647. The molecule has 2 rings (SSSR count). The number of aliphatic carboxylic acids is 1. The van der Waals surface area contributed by atoms with Crippen molar-refractivity contribution in [3.8, 4) is 0 Å². The summed E-state index contributed by atoms with van der Waals surface area (Å²) in [7, 11) is 0. The smallest absolute Gasteiger partial charge is 0.307 e. The minimum absolute atomic E-state index is 0.0478. The van der Waals surface area contributed by atoms with Gasteiger partial charge in [-0.3, -0.25) is 14.4 Å². The summed E-state index contributed by atoms with van der Waals surface area (Å²) in [4.78, 5) is 42.4. The number of anilines is 1. The summed E-state index contributed by atoms with van der Waals surface area (Å²) in [6.45, 7) is 4.29. The molecule has 6 N–H and O–H groups in total. The van der Waals surface area contributed by atoms with Crippen molar-refractivity contribution in [3.63, 3.8) is 0 Å². The maximum Gasteiger partial charge on any atom is 0.307 e. The number of nitrogens with two attached hydrogens (primary N) is 1. The number of hydrogen-bond donors (Lipinski definition) is 5. The van der Waals surface area contributed by atoms with Crippen molar-refractivity contribution in [1.29, 1.82) is 0 Å². The Hall–Kier alpha value is -2.58. The summed E-state index contributed by atoms with van der Waals surface area (Å²) in [6.07, 6.45) is 4.13. The number of hydrogen-bond acceptors (Lipinski definition) is 5. The normalized spacial score (nSPS) is 20.8. The van der Waals surface area contributed by atoms with Gasteiger partial charge in [0.25, 0.3) is 0 Å². The van der Waals surface area contributed by atoms with Gasteiger partial charge in [0.15, 0.2) is 5.95 Å². The largest absolute Gasteiger partial charge is 0.481 e. The van der Waals surface area contributed by atoms with Crippen LogP contribution in [0.15, 0.2) is 6.20 Å². The predicted molar refractivity (Wildman–Crippen MR) is 94.9 cm³/mol. The van der Waals surface area contributed by atoms with Crippen molar-refractivity contribution >= 4 is 23.7 Å². The highest BCUT2D eigenvalue weighted by Crippen LogP contribution is 2.38. The molecule has 1 aliphatic rings. The van der Waals surface area contributed by atoms with Crippen molar-refractivity contribution < 1.29 is 19.5 Å². The lowest BCUT2D eigenvalue weighted by Gasteiger charge is -2.23. The average Bonchev–Trinajstić information content (AvgIpc) is 3.32. The van der Waals surface area contributed by atoms with Crippen LogP contribution in [0.4, 0.5) is 5.95 Å². The van der Waals surface area contributed by atoms with Crippen LogP contribution in [-0.4, -0.2) is 45.4 Å². The standard InChI is InChI=1S/C17H27N5O4/c1-3-9(2)13(22-14(23)11-7-12(11)16(25)26)15(24)19-6-4-5-10-8-20-17(18)21-10/h8-9,11-13H,3-7H2,1-2H3,(H,19,24)(H,22,23)(H,25,26)(H3,18,20,21)/t9-,11-,12-,13-/m0/s1. The lowest BCUT2D eigenvalue weighted by atomic mass is 9.98. The quantitative estimate of drug-likeness (QED) is 0.376. The van der Waals surface area contributed by atoms with Crippen LogP contribution in [0.2, 0.25) is 0 Å². The Kier molecular flexibility index (Phi) is 6.59. The molecular weight excluding hydrogens is 338 g/mol. The van der Waals surface area contributed by atoms with Crippen molar-refractivity contribution in [2.24, 2.45) is 17.8 Å². The number of amides is 2. The summed E-state index contributed by atoms with van der Waals surface area (Å²) in [5.74, 6) is -2.41. The Morgan fingerprint density at radius 2 is 2.15 bits per heavy atom. The average molecular weight is 365 g/mol. The maximum atomic E-state index is 12.5. The van der Waals surface area contributed by atoms with E-state index in [4.69, 9.17) is 10.8 Å². The van der Waals surface area contributed by atoms with Crippen LogP contribution in [-0.2, 0) is 20.8 Å². The topological polar surface area (TPSA) is 150 Å². The third-order valence-corrected chi connectivity index (χ3v) is 4.81. The van der Waals surface area contributed by atoms with Gasteiger partial charge in [-0.25, -0.2) is 4.98 Å². The van der Waals surface area contributed by atoms with Crippen LogP contribution in [0.1, 0.15) is 38.8 Å². The third kappa shape index (κ3) is 5.21. The molecular formula is C17H27N5O4. The number of nitrogens with zero attached hydrogens (tertiary/aromatic N) is 1. The molecule has 9 nitrogen and oxygen atoms in total. The zero-order chi connectivity index (χ0) is 19.3. The number of aromatic amines is 1. The molecule has 0 aromatic carbocycles. The molecule has 1 fully saturated rings. The van der Waals surface area contributed by atoms with Crippen molar-refractivity contribution in [2.75, 3.05) is 12.3 Å². The van der Waals surface area contributed by atoms with Crippen LogP contribution in [0.5, 0.6) is 0 Å². The van der Waals surface area contributed by atoms with Gasteiger partial charge in [-0.05, 0) is 25.2 Å². The molecule has 2 amide bonds. The number of carbonyl (C=O) groups excluding carboxylic acids is 2. The molecule has 0 unspecified atom stereocenters. The number of nitrogen functional groups attached to an aromatic ring is 1. The van der Waals surface area contributed by atoms with E-state index < -0.39 is 23.8 Å². The summed E-state index contributed by atoms with van der Waals surface area (Å²) in [5, 5.41) is 14.5. The molecule has 0 spiro atoms. The van der Waals surface area contributed by atoms with Crippen LogP contribution in [0, 0.1) is 17.8 Å². The molecule has 1 aromatic rings. The second kappa shape index (κ2) is 8.68. The fourth-order valence-electron chi connectivity index (χ4n) is 2.82. The van der Waals surface area contributed by atoms with Gasteiger partial charge in [-0.15, -0.1) is 0 Å². The van der Waals surface area contributed by atoms with Gasteiger partial charge in [-0.2, -0.15) is 0 Å². The van der Waals surface area contributed by atoms with E-state index in [1.54, 1.807) is 6.20 Å². The molecule has 0 bridgehead atoms. The fourth-order valence-corrected chi connectivity index (χ4v) is 2.82. The van der Waals surface area contributed by atoms with Gasteiger partial charge in [0.2, 0.25) is 11.8 Å². The Morgan fingerprint density at radius 1 is 1.42 bits per heavy atom. The van der Waals surface area contributed by atoms with E-state index in [0.29, 0.717) is 31.8 Å². The van der Waals surface area contributed by atoms with Gasteiger partial charge < -0.3 is 26.5 Å². The number of aromatic nitrogens is 2. The van der Waals surface area contributed by atoms with E-state index in [-0.39, 0.29) is 17.7 Å². The third-order valence-electron chi connectivity index (χ3n) is 4.81. The molecule has 1 aromatic heterocycles. The lowest BCUT2D eigenvalue weighted by Crippen LogP contribution is -2.51. The van der Waals surface area contributed by atoms with Crippen molar-refractivity contribution in [1.82, 2.24) is 20.6 Å². The Balaban J connectivity index is 1.80.